The highest BCUT2D eigenvalue weighted by Gasteiger charge is 1.97. The van der Waals surface area contributed by atoms with Gasteiger partial charge in [-0.25, -0.2) is 0 Å². The molecule has 0 spiro atoms. The summed E-state index contributed by atoms with van der Waals surface area (Å²) < 4.78 is 6.52. The van der Waals surface area contributed by atoms with Crippen LogP contribution in [0.15, 0.2) is 11.6 Å². The zero-order valence-corrected chi connectivity index (χ0v) is 6.22. The van der Waals surface area contributed by atoms with Gasteiger partial charge in [0.2, 0.25) is 5.91 Å². The second-order valence-electron chi connectivity index (χ2n) is 2.30. The maximum Gasteiger partial charge on any atom is 0.244 e. The Kier molecular flexibility index (Phi) is 2.96. The van der Waals surface area contributed by atoms with Crippen LogP contribution in [0.25, 0.3) is 0 Å². The average molecular weight is 144 g/mol. The highest BCUT2D eigenvalue weighted by Crippen LogP contribution is 1.97. The van der Waals surface area contributed by atoms with Gasteiger partial charge in [0, 0.05) is 5.57 Å². The van der Waals surface area contributed by atoms with Crippen LogP contribution in [-0.4, -0.2) is 17.1 Å². The number of aliphatic hydroxyl groups excluding tert-OH is 1. The smallest absolute Gasteiger partial charge is 0.244 e. The van der Waals surface area contributed by atoms with Crippen LogP contribution in [0, 0.1) is 0 Å². The fraction of sp³-hybridized carbons (Fsp3) is 0.571. The number of rotatable bonds is 3. The molecule has 1 atom stereocenters. The summed E-state index contributed by atoms with van der Waals surface area (Å²) in [5, 5.41) is 8.83. The van der Waals surface area contributed by atoms with E-state index in [9.17, 15) is 4.79 Å². The number of hydrogen-bond donors (Lipinski definition) is 2. The Balaban J connectivity index is 3.90. The van der Waals surface area contributed by atoms with Gasteiger partial charge < -0.3 is 10.8 Å². The SMILES string of the molecule is [2H]NC(=O)C(C)=CCC(C)O. The van der Waals surface area contributed by atoms with Crippen molar-refractivity contribution in [3.63, 3.8) is 0 Å². The van der Waals surface area contributed by atoms with Gasteiger partial charge in [-0.2, -0.15) is 0 Å². The predicted molar refractivity (Wildman–Crippen MR) is 39.2 cm³/mol. The Hall–Kier alpha value is -0.830. The summed E-state index contributed by atoms with van der Waals surface area (Å²) in [6.45, 7) is 3.24. The van der Waals surface area contributed by atoms with Crippen LogP contribution in [-0.2, 0) is 4.79 Å². The molecule has 58 valence electrons. The van der Waals surface area contributed by atoms with Crippen LogP contribution in [0.3, 0.4) is 0 Å². The molecule has 0 radical (unpaired) electrons. The number of carbonyl (C=O) groups is 1. The van der Waals surface area contributed by atoms with E-state index < -0.39 is 12.0 Å². The lowest BCUT2D eigenvalue weighted by Gasteiger charge is -1.98. The summed E-state index contributed by atoms with van der Waals surface area (Å²) in [5.41, 5.74) is 2.21. The number of amides is 1. The van der Waals surface area contributed by atoms with E-state index in [1.54, 1.807) is 25.7 Å². The highest BCUT2D eigenvalue weighted by molar-refractivity contribution is 5.91. The van der Waals surface area contributed by atoms with Crippen LogP contribution < -0.4 is 5.73 Å². The van der Waals surface area contributed by atoms with Crippen molar-refractivity contribution in [2.45, 2.75) is 26.4 Å². The van der Waals surface area contributed by atoms with Gasteiger partial charge in [0.15, 0.2) is 1.41 Å². The molecule has 0 rings (SSSR count). The van der Waals surface area contributed by atoms with Crippen molar-refractivity contribution in [3.05, 3.63) is 11.6 Å². The summed E-state index contributed by atoms with van der Waals surface area (Å²) in [5.74, 6) is -0.425. The highest BCUT2D eigenvalue weighted by atomic mass is 16.3. The van der Waals surface area contributed by atoms with E-state index >= 15 is 0 Å². The van der Waals surface area contributed by atoms with Gasteiger partial charge in [-0.3, -0.25) is 4.79 Å². The maximum absolute atomic E-state index is 10.7. The first kappa shape index (κ1) is 7.28. The lowest BCUT2D eigenvalue weighted by molar-refractivity contribution is -0.114. The molecule has 0 saturated heterocycles. The Morgan fingerprint density at radius 2 is 2.60 bits per heavy atom. The summed E-state index contributed by atoms with van der Waals surface area (Å²) in [7, 11) is 0. The second-order valence-corrected chi connectivity index (χ2v) is 2.30. The summed E-state index contributed by atoms with van der Waals surface area (Å²) in [4.78, 5) is 10.7. The second kappa shape index (κ2) is 4.06. The van der Waals surface area contributed by atoms with E-state index in [0.29, 0.717) is 12.0 Å². The molecule has 1 unspecified atom stereocenters. The topological polar surface area (TPSA) is 63.3 Å². The Labute approximate surface area is 62.0 Å². The number of nitrogens with two attached hydrogens (primary N) is 1. The zero-order chi connectivity index (χ0) is 8.85. The summed E-state index contributed by atoms with van der Waals surface area (Å²) in [6.07, 6.45) is 1.61. The first-order chi connectivity index (χ1) is 5.07. The van der Waals surface area contributed by atoms with Crippen molar-refractivity contribution in [1.29, 1.82) is 0 Å². The molecule has 0 fully saturated rings. The van der Waals surface area contributed by atoms with Crippen molar-refractivity contribution in [1.82, 2.24) is 0 Å². The Bertz CT molecular complexity index is 166. The van der Waals surface area contributed by atoms with Crippen molar-refractivity contribution in [2.75, 3.05) is 0 Å². The molecule has 0 aliphatic heterocycles. The quantitative estimate of drug-likeness (QED) is 0.555. The molecule has 0 heterocycles. The number of carbonyl (C=O) groups excluding carboxylic acids is 1. The van der Waals surface area contributed by atoms with E-state index in [2.05, 4.69) is 0 Å². The standard InChI is InChI=1S/C7H13NO2/c1-5(7(8)10)3-4-6(2)9/h3,6,9H,4H2,1-2H3,(H2,8,10)/i/hD. The lowest BCUT2D eigenvalue weighted by Crippen LogP contribution is -2.12. The van der Waals surface area contributed by atoms with Gasteiger partial charge >= 0.3 is 0 Å². The molecule has 0 aliphatic rings. The van der Waals surface area contributed by atoms with Crippen molar-refractivity contribution in [3.8, 4) is 0 Å². The van der Waals surface area contributed by atoms with Crippen molar-refractivity contribution in [2.24, 2.45) is 5.73 Å². The third kappa shape index (κ3) is 4.09. The molecule has 10 heavy (non-hydrogen) atoms. The molecular formula is C7H13NO2. The predicted octanol–water partition coefficient (Wildman–Crippen LogP) is 0.189. The fourth-order valence-corrected chi connectivity index (χ4v) is 0.440. The van der Waals surface area contributed by atoms with Gasteiger partial charge in [-0.05, 0) is 20.3 Å². The normalized spacial score (nSPS) is 15.9. The molecule has 0 saturated carbocycles. The first-order valence-corrected chi connectivity index (χ1v) is 3.14. The van der Waals surface area contributed by atoms with Crippen molar-refractivity contribution >= 4 is 5.91 Å². The van der Waals surface area contributed by atoms with Gasteiger partial charge in [-0.1, -0.05) is 6.08 Å². The van der Waals surface area contributed by atoms with Gasteiger partial charge in [-0.15, -0.1) is 0 Å². The van der Waals surface area contributed by atoms with E-state index in [0.717, 1.165) is 0 Å². The molecule has 0 aromatic heterocycles. The third-order valence-electron chi connectivity index (χ3n) is 1.12. The first-order valence-electron chi connectivity index (χ1n) is 3.64. The number of hydrogen-bond acceptors (Lipinski definition) is 2. The number of aliphatic hydroxyl groups is 1. The minimum absolute atomic E-state index is 0.425. The minimum atomic E-state index is -0.441. The van der Waals surface area contributed by atoms with E-state index in [4.69, 9.17) is 6.52 Å². The van der Waals surface area contributed by atoms with E-state index in [1.165, 1.54) is 0 Å². The molecule has 0 aliphatic carbocycles. The lowest BCUT2D eigenvalue weighted by atomic mass is 10.2. The van der Waals surface area contributed by atoms with Crippen LogP contribution in [0.4, 0.5) is 0 Å². The zero-order valence-electron chi connectivity index (χ0n) is 7.22. The summed E-state index contributed by atoms with van der Waals surface area (Å²) in [6, 6.07) is 0. The molecule has 3 N–H and O–H groups in total. The van der Waals surface area contributed by atoms with Crippen molar-refractivity contribution < 1.29 is 11.3 Å². The van der Waals surface area contributed by atoms with Gasteiger partial charge in [0.05, 0.1) is 6.10 Å². The van der Waals surface area contributed by atoms with E-state index in [-0.39, 0.29) is 0 Å². The van der Waals surface area contributed by atoms with Crippen LogP contribution in [0.2, 0.25) is 1.41 Å². The van der Waals surface area contributed by atoms with Gasteiger partial charge in [0.25, 0.3) is 0 Å². The van der Waals surface area contributed by atoms with Crippen LogP contribution >= 0.6 is 0 Å². The van der Waals surface area contributed by atoms with Gasteiger partial charge in [0.1, 0.15) is 0 Å². The average Bonchev–Trinajstić information content (AvgIpc) is 1.98. The monoisotopic (exact) mass is 144 g/mol. The molecule has 0 bridgehead atoms. The van der Waals surface area contributed by atoms with Crippen LogP contribution in [0.5, 0.6) is 0 Å². The number of primary amides is 1. The Morgan fingerprint density at radius 1 is 2.00 bits per heavy atom. The summed E-state index contributed by atoms with van der Waals surface area (Å²) >= 11 is 0. The largest absolute Gasteiger partial charge is 0.393 e. The molecule has 3 nitrogen and oxygen atoms in total. The van der Waals surface area contributed by atoms with Crippen LogP contribution in [0.1, 0.15) is 20.3 Å². The molecule has 1 amide bonds. The maximum atomic E-state index is 10.7. The molecule has 0 aromatic carbocycles. The third-order valence-corrected chi connectivity index (χ3v) is 1.12. The minimum Gasteiger partial charge on any atom is -0.393 e. The Morgan fingerprint density at radius 3 is 3.00 bits per heavy atom. The molecular weight excluding hydrogens is 130 g/mol. The molecule has 0 aromatic rings. The van der Waals surface area contributed by atoms with E-state index in [1.807, 2.05) is 0 Å². The molecule has 3 heteroatoms. The fourth-order valence-electron chi connectivity index (χ4n) is 0.440.